The van der Waals surface area contributed by atoms with Crippen molar-refractivity contribution >= 4 is 16.9 Å². The molecule has 0 spiro atoms. The lowest BCUT2D eigenvalue weighted by Crippen LogP contribution is -2.28. The number of amides is 1. The van der Waals surface area contributed by atoms with Gasteiger partial charge in [-0.15, -0.1) is 0 Å². The molecule has 2 heterocycles. The summed E-state index contributed by atoms with van der Waals surface area (Å²) in [6.07, 6.45) is 0.192. The van der Waals surface area contributed by atoms with E-state index >= 15 is 0 Å². The van der Waals surface area contributed by atoms with E-state index in [1.54, 1.807) is 0 Å². The summed E-state index contributed by atoms with van der Waals surface area (Å²) >= 11 is 0. The van der Waals surface area contributed by atoms with Gasteiger partial charge in [0.2, 0.25) is 5.91 Å². The van der Waals surface area contributed by atoms with E-state index in [1.807, 2.05) is 51.1 Å². The highest BCUT2D eigenvalue weighted by Crippen LogP contribution is 2.22. The third-order valence-electron chi connectivity index (χ3n) is 3.70. The second-order valence-corrected chi connectivity index (χ2v) is 5.46. The van der Waals surface area contributed by atoms with Gasteiger partial charge in [-0.1, -0.05) is 17.3 Å². The van der Waals surface area contributed by atoms with Crippen LogP contribution in [0, 0.1) is 13.8 Å². The second-order valence-electron chi connectivity index (χ2n) is 5.46. The Balaban J connectivity index is 1.71. The van der Waals surface area contributed by atoms with Gasteiger partial charge in [0.25, 0.3) is 0 Å². The topological polar surface area (TPSA) is 68.3 Å². The van der Waals surface area contributed by atoms with Crippen LogP contribution in [0.25, 0.3) is 11.0 Å². The van der Waals surface area contributed by atoms with E-state index in [-0.39, 0.29) is 18.4 Å². The summed E-state index contributed by atoms with van der Waals surface area (Å²) < 4.78 is 10.7. The Kier molecular flexibility index (Phi) is 3.71. The minimum atomic E-state index is -0.108. The van der Waals surface area contributed by atoms with Crippen molar-refractivity contribution < 1.29 is 13.7 Å². The maximum Gasteiger partial charge on any atom is 0.226 e. The lowest BCUT2D eigenvalue weighted by molar-refractivity contribution is -0.121. The predicted molar refractivity (Wildman–Crippen MR) is 82.5 cm³/mol. The summed E-state index contributed by atoms with van der Waals surface area (Å²) in [7, 11) is 0. The third kappa shape index (κ3) is 2.74. The number of carbonyl (C=O) groups is 1. The first kappa shape index (κ1) is 14.4. The minimum Gasteiger partial charge on any atom is -0.466 e. The number of hydrogen-bond acceptors (Lipinski definition) is 4. The molecule has 0 bridgehead atoms. The van der Waals surface area contributed by atoms with Crippen molar-refractivity contribution in [1.82, 2.24) is 10.5 Å². The van der Waals surface area contributed by atoms with Gasteiger partial charge >= 0.3 is 0 Å². The van der Waals surface area contributed by atoms with E-state index in [4.69, 9.17) is 8.94 Å². The largest absolute Gasteiger partial charge is 0.466 e. The summed E-state index contributed by atoms with van der Waals surface area (Å²) in [6.45, 7) is 5.73. The number of hydrogen-bond donors (Lipinski definition) is 1. The first-order valence-electron chi connectivity index (χ1n) is 7.24. The van der Waals surface area contributed by atoms with Crippen LogP contribution in [0.3, 0.4) is 0 Å². The van der Waals surface area contributed by atoms with Crippen molar-refractivity contribution in [3.05, 3.63) is 53.1 Å². The van der Waals surface area contributed by atoms with Crippen LogP contribution < -0.4 is 5.32 Å². The minimum absolute atomic E-state index is 0.0928. The van der Waals surface area contributed by atoms with Crippen molar-refractivity contribution in [3.63, 3.8) is 0 Å². The van der Waals surface area contributed by atoms with E-state index < -0.39 is 0 Å². The van der Waals surface area contributed by atoms with Gasteiger partial charge in [-0.3, -0.25) is 4.79 Å². The highest BCUT2D eigenvalue weighted by Gasteiger charge is 2.17. The summed E-state index contributed by atoms with van der Waals surface area (Å²) in [4.78, 5) is 12.2. The fraction of sp³-hybridized carbons (Fsp3) is 0.294. The molecule has 5 nitrogen and oxygen atoms in total. The van der Waals surface area contributed by atoms with E-state index in [2.05, 4.69) is 10.5 Å². The smallest absolute Gasteiger partial charge is 0.226 e. The average Bonchev–Trinajstić information content (AvgIpc) is 3.02. The molecule has 0 fully saturated rings. The molecule has 5 heteroatoms. The highest BCUT2D eigenvalue weighted by molar-refractivity contribution is 5.86. The Bertz CT molecular complexity index is 816. The zero-order valence-corrected chi connectivity index (χ0v) is 12.8. The SMILES string of the molecule is Cc1cc([C@H](C)NC(=O)Cc2noc3ccccc23)c(C)o1. The summed E-state index contributed by atoms with van der Waals surface area (Å²) in [5.41, 5.74) is 2.34. The van der Waals surface area contributed by atoms with Gasteiger partial charge in [-0.25, -0.2) is 0 Å². The number of para-hydroxylation sites is 1. The molecular weight excluding hydrogens is 280 g/mol. The molecule has 0 saturated carbocycles. The van der Waals surface area contributed by atoms with E-state index in [1.165, 1.54) is 0 Å². The molecule has 1 atom stereocenters. The van der Waals surface area contributed by atoms with Crippen LogP contribution in [0.1, 0.15) is 35.7 Å². The van der Waals surface area contributed by atoms with Crippen molar-refractivity contribution in [2.75, 3.05) is 0 Å². The average molecular weight is 298 g/mol. The van der Waals surface area contributed by atoms with Crippen LogP contribution in [0.15, 0.2) is 39.3 Å². The van der Waals surface area contributed by atoms with Crippen molar-refractivity contribution in [1.29, 1.82) is 0 Å². The Morgan fingerprint density at radius 3 is 2.82 bits per heavy atom. The maximum atomic E-state index is 12.2. The van der Waals surface area contributed by atoms with Crippen LogP contribution in [0.2, 0.25) is 0 Å². The van der Waals surface area contributed by atoms with Crippen LogP contribution in [-0.2, 0) is 11.2 Å². The van der Waals surface area contributed by atoms with Gasteiger partial charge in [0.05, 0.1) is 12.5 Å². The molecule has 3 rings (SSSR count). The molecule has 0 aliphatic rings. The lowest BCUT2D eigenvalue weighted by Gasteiger charge is -2.12. The standard InChI is InChI=1S/C17H18N2O3/c1-10-8-14(12(3)21-10)11(2)18-17(20)9-15-13-6-4-5-7-16(13)22-19-15/h4-8,11H,9H2,1-3H3,(H,18,20)/t11-/m0/s1. The molecule has 1 aromatic carbocycles. The van der Waals surface area contributed by atoms with E-state index in [0.29, 0.717) is 11.3 Å². The predicted octanol–water partition coefficient (Wildman–Crippen LogP) is 3.46. The molecule has 0 unspecified atom stereocenters. The summed E-state index contributed by atoms with van der Waals surface area (Å²) in [5.74, 6) is 1.58. The van der Waals surface area contributed by atoms with Crippen LogP contribution >= 0.6 is 0 Å². The van der Waals surface area contributed by atoms with Gasteiger partial charge in [-0.05, 0) is 39.0 Å². The number of rotatable bonds is 4. The molecule has 1 amide bonds. The number of carbonyl (C=O) groups excluding carboxylic acids is 1. The fourth-order valence-corrected chi connectivity index (χ4v) is 2.67. The summed E-state index contributed by atoms with van der Waals surface area (Å²) in [5, 5.41) is 7.83. The van der Waals surface area contributed by atoms with Gasteiger partial charge in [0.15, 0.2) is 5.58 Å². The highest BCUT2D eigenvalue weighted by atomic mass is 16.5. The number of aryl methyl sites for hydroxylation is 2. The number of nitrogens with one attached hydrogen (secondary N) is 1. The molecule has 0 saturated heterocycles. The number of benzene rings is 1. The van der Waals surface area contributed by atoms with Gasteiger partial charge in [0, 0.05) is 10.9 Å². The van der Waals surface area contributed by atoms with Crippen molar-refractivity contribution in [2.45, 2.75) is 33.2 Å². The third-order valence-corrected chi connectivity index (χ3v) is 3.70. The van der Waals surface area contributed by atoms with Crippen LogP contribution in [0.5, 0.6) is 0 Å². The molecule has 0 radical (unpaired) electrons. The second kappa shape index (κ2) is 5.67. The van der Waals surface area contributed by atoms with Crippen molar-refractivity contribution in [3.8, 4) is 0 Å². The van der Waals surface area contributed by atoms with Crippen molar-refractivity contribution in [2.24, 2.45) is 0 Å². The number of nitrogens with zero attached hydrogens (tertiary/aromatic N) is 1. The molecule has 1 N–H and O–H groups in total. The normalized spacial score (nSPS) is 12.5. The summed E-state index contributed by atoms with van der Waals surface area (Å²) in [6, 6.07) is 9.37. The molecule has 0 aliphatic carbocycles. The van der Waals surface area contributed by atoms with Crippen LogP contribution in [-0.4, -0.2) is 11.1 Å². The zero-order valence-electron chi connectivity index (χ0n) is 12.8. The quantitative estimate of drug-likeness (QED) is 0.801. The number of aromatic nitrogens is 1. The van der Waals surface area contributed by atoms with E-state index in [0.717, 1.165) is 22.5 Å². The van der Waals surface area contributed by atoms with Crippen LogP contribution in [0.4, 0.5) is 0 Å². The van der Waals surface area contributed by atoms with Gasteiger partial charge < -0.3 is 14.3 Å². The van der Waals surface area contributed by atoms with E-state index in [9.17, 15) is 4.79 Å². The molecule has 22 heavy (non-hydrogen) atoms. The molecule has 114 valence electrons. The Labute approximate surface area is 128 Å². The molecule has 3 aromatic rings. The monoisotopic (exact) mass is 298 g/mol. The Morgan fingerprint density at radius 1 is 1.32 bits per heavy atom. The molecule has 0 aliphatic heterocycles. The number of furan rings is 1. The first-order chi connectivity index (χ1) is 10.5. The Hall–Kier alpha value is -2.56. The lowest BCUT2D eigenvalue weighted by atomic mass is 10.1. The maximum absolute atomic E-state index is 12.2. The zero-order chi connectivity index (χ0) is 15.7. The fourth-order valence-electron chi connectivity index (χ4n) is 2.67. The Morgan fingerprint density at radius 2 is 2.09 bits per heavy atom. The van der Waals surface area contributed by atoms with Gasteiger partial charge in [0.1, 0.15) is 17.2 Å². The van der Waals surface area contributed by atoms with Gasteiger partial charge in [-0.2, -0.15) is 0 Å². The first-order valence-corrected chi connectivity index (χ1v) is 7.24. The molecular formula is C17H18N2O3. The molecule has 2 aromatic heterocycles. The number of fused-ring (bicyclic) bond motifs is 1.